The van der Waals surface area contributed by atoms with Crippen molar-refractivity contribution in [2.75, 3.05) is 57.2 Å². The van der Waals surface area contributed by atoms with Gasteiger partial charge in [0.25, 0.3) is 5.91 Å². The second-order valence-electron chi connectivity index (χ2n) is 9.76. The molecule has 42 heavy (non-hydrogen) atoms. The molecule has 0 radical (unpaired) electrons. The maximum atomic E-state index is 12.1. The number of hydrogen-bond donors (Lipinski definition) is 3. The molecule has 1 saturated heterocycles. The van der Waals surface area contributed by atoms with Gasteiger partial charge < -0.3 is 30.6 Å². The van der Waals surface area contributed by atoms with Gasteiger partial charge in [0, 0.05) is 38.3 Å². The highest BCUT2D eigenvalue weighted by molar-refractivity contribution is 6.02. The predicted octanol–water partition coefficient (Wildman–Crippen LogP) is 3.73. The summed E-state index contributed by atoms with van der Waals surface area (Å²) in [7, 11) is 1.65. The zero-order valence-corrected chi connectivity index (χ0v) is 23.9. The minimum Gasteiger partial charge on any atom is -0.496 e. The topological polar surface area (TPSA) is 141 Å². The number of benzene rings is 2. The van der Waals surface area contributed by atoms with Crippen LogP contribution in [0.3, 0.4) is 0 Å². The molecule has 2 heterocycles. The number of aromatic nitrogens is 2. The normalized spacial score (nSPS) is 13.3. The van der Waals surface area contributed by atoms with Crippen molar-refractivity contribution in [3.05, 3.63) is 78.3 Å². The third kappa shape index (κ3) is 8.76. The van der Waals surface area contributed by atoms with Crippen molar-refractivity contribution in [3.8, 4) is 11.5 Å². The van der Waals surface area contributed by atoms with Gasteiger partial charge in [-0.15, -0.1) is 0 Å². The Labute approximate surface area is 246 Å². The number of morpholine rings is 1. The van der Waals surface area contributed by atoms with Crippen molar-refractivity contribution < 1.29 is 23.8 Å². The summed E-state index contributed by atoms with van der Waals surface area (Å²) >= 11 is 0. The monoisotopic (exact) mass is 574 g/mol. The lowest BCUT2D eigenvalue weighted by atomic mass is 10.1. The first kappa shape index (κ1) is 30.5. The van der Waals surface area contributed by atoms with Crippen LogP contribution >= 0.6 is 0 Å². The Morgan fingerprint density at radius 2 is 1.90 bits per heavy atom. The minimum absolute atomic E-state index is 0.144. The summed E-state index contributed by atoms with van der Waals surface area (Å²) in [5.41, 5.74) is 7.83. The molecule has 2 amide bonds. The molecule has 3 aromatic rings. The van der Waals surface area contributed by atoms with Crippen LogP contribution in [0.4, 0.5) is 17.2 Å². The molecule has 1 aromatic heterocycles. The highest BCUT2D eigenvalue weighted by Gasteiger charge is 2.15. The van der Waals surface area contributed by atoms with E-state index in [1.54, 1.807) is 31.4 Å². The zero-order valence-electron chi connectivity index (χ0n) is 23.9. The number of anilines is 3. The number of ether oxygens (including phenoxy) is 3. The van der Waals surface area contributed by atoms with Gasteiger partial charge in [0.05, 0.1) is 38.3 Å². The van der Waals surface area contributed by atoms with E-state index in [-0.39, 0.29) is 17.3 Å². The molecule has 2 aromatic carbocycles. The number of hydrogen-bond acceptors (Lipinski definition) is 9. The van der Waals surface area contributed by atoms with E-state index in [0.717, 1.165) is 69.2 Å². The van der Waals surface area contributed by atoms with Crippen molar-refractivity contribution in [1.29, 1.82) is 0 Å². The minimum atomic E-state index is -0.662. The van der Waals surface area contributed by atoms with Crippen LogP contribution in [-0.4, -0.2) is 73.2 Å². The van der Waals surface area contributed by atoms with Crippen molar-refractivity contribution in [2.45, 2.75) is 25.7 Å². The number of carbonyl (C=O) groups is 2. The number of rotatable bonds is 15. The summed E-state index contributed by atoms with van der Waals surface area (Å²) < 4.78 is 17.0. The first-order chi connectivity index (χ1) is 20.5. The van der Waals surface area contributed by atoms with Crippen molar-refractivity contribution in [1.82, 2.24) is 14.9 Å². The van der Waals surface area contributed by atoms with Gasteiger partial charge in [-0.05, 0) is 49.1 Å². The molecule has 4 rings (SSSR count). The summed E-state index contributed by atoms with van der Waals surface area (Å²) in [6.07, 6.45) is 5.59. The number of carbonyl (C=O) groups excluding carboxylic acids is 2. The Balaban J connectivity index is 1.35. The average Bonchev–Trinajstić information content (AvgIpc) is 3.01. The molecular weight excluding hydrogens is 536 g/mol. The molecule has 0 saturated carbocycles. The van der Waals surface area contributed by atoms with Crippen LogP contribution in [0, 0.1) is 0 Å². The van der Waals surface area contributed by atoms with Gasteiger partial charge in [0.1, 0.15) is 28.7 Å². The van der Waals surface area contributed by atoms with Crippen LogP contribution in [0.1, 0.15) is 34.6 Å². The third-order valence-electron chi connectivity index (χ3n) is 6.82. The zero-order chi connectivity index (χ0) is 29.7. The molecule has 11 nitrogen and oxygen atoms in total. The first-order valence-electron chi connectivity index (χ1n) is 14.0. The van der Waals surface area contributed by atoms with Gasteiger partial charge in [-0.25, -0.2) is 9.97 Å². The highest BCUT2D eigenvalue weighted by Crippen LogP contribution is 2.28. The van der Waals surface area contributed by atoms with Crippen molar-refractivity contribution in [2.24, 2.45) is 5.73 Å². The molecule has 0 bridgehead atoms. The van der Waals surface area contributed by atoms with E-state index in [2.05, 4.69) is 32.1 Å². The largest absolute Gasteiger partial charge is 0.496 e. The molecule has 0 spiro atoms. The van der Waals surface area contributed by atoms with Crippen molar-refractivity contribution >= 4 is 29.0 Å². The lowest BCUT2D eigenvalue weighted by molar-refractivity contribution is -0.111. The molecule has 1 fully saturated rings. The van der Waals surface area contributed by atoms with E-state index < -0.39 is 5.91 Å². The number of nitrogens with two attached hydrogens (primary N) is 1. The van der Waals surface area contributed by atoms with Crippen molar-refractivity contribution in [3.63, 3.8) is 0 Å². The molecule has 1 aliphatic rings. The lowest BCUT2D eigenvalue weighted by Crippen LogP contribution is -2.37. The lowest BCUT2D eigenvalue weighted by Gasteiger charge is -2.26. The number of amides is 2. The number of aryl methyl sites for hydroxylation is 2. The van der Waals surface area contributed by atoms with E-state index in [9.17, 15) is 9.59 Å². The van der Waals surface area contributed by atoms with Crippen LogP contribution in [-0.2, 0) is 22.4 Å². The fourth-order valence-electron chi connectivity index (χ4n) is 4.59. The first-order valence-corrected chi connectivity index (χ1v) is 14.0. The fraction of sp³-hybridized carbons (Fsp3) is 0.355. The third-order valence-corrected chi connectivity index (χ3v) is 6.82. The second kappa shape index (κ2) is 15.5. The number of nitrogens with zero attached hydrogens (tertiary/aromatic N) is 3. The predicted molar refractivity (Wildman–Crippen MR) is 161 cm³/mol. The maximum absolute atomic E-state index is 12.1. The van der Waals surface area contributed by atoms with E-state index >= 15 is 0 Å². The van der Waals surface area contributed by atoms with Crippen LogP contribution < -0.4 is 25.8 Å². The SMILES string of the molecule is C=CC(=O)Nc1ccccc1Nc1nc(CCCc2ccc(OCCCN3CCOCC3)cc2OC)ncc1C(N)=O. The van der Waals surface area contributed by atoms with Gasteiger partial charge in [-0.1, -0.05) is 24.8 Å². The Kier molecular flexibility index (Phi) is 11.2. The second-order valence-corrected chi connectivity index (χ2v) is 9.76. The van der Waals surface area contributed by atoms with E-state index in [1.807, 2.05) is 18.2 Å². The number of primary amides is 1. The summed E-state index contributed by atoms with van der Waals surface area (Å²) in [4.78, 5) is 35.2. The Bertz CT molecular complexity index is 1380. The summed E-state index contributed by atoms with van der Waals surface area (Å²) in [6, 6.07) is 13.0. The quantitative estimate of drug-likeness (QED) is 0.183. The molecule has 222 valence electrons. The van der Waals surface area contributed by atoms with Gasteiger partial charge in [-0.2, -0.15) is 0 Å². The smallest absolute Gasteiger partial charge is 0.254 e. The van der Waals surface area contributed by atoms with Crippen LogP contribution in [0.15, 0.2) is 61.3 Å². The Morgan fingerprint density at radius 3 is 2.64 bits per heavy atom. The maximum Gasteiger partial charge on any atom is 0.254 e. The standard InChI is InChI=1S/C31H38N6O5/c1-3-29(38)34-25-9-4-5-10-26(25)35-31-24(30(32)39)21-33-28(36-31)11-6-8-22-12-13-23(20-27(22)40-2)42-17-7-14-37-15-18-41-19-16-37/h3-5,9-10,12-13,20-21H,1,6-8,11,14-19H2,2H3,(H2,32,39)(H,34,38)(H,33,35,36). The van der Waals surface area contributed by atoms with Crippen LogP contribution in [0.25, 0.3) is 0 Å². The highest BCUT2D eigenvalue weighted by atomic mass is 16.5. The molecule has 11 heteroatoms. The summed E-state index contributed by atoms with van der Waals surface area (Å²) in [5, 5.41) is 5.85. The molecule has 0 aliphatic carbocycles. The van der Waals surface area contributed by atoms with Crippen LogP contribution in [0.2, 0.25) is 0 Å². The average molecular weight is 575 g/mol. The molecule has 0 atom stereocenters. The Morgan fingerprint density at radius 1 is 1.12 bits per heavy atom. The Hall–Kier alpha value is -4.48. The van der Waals surface area contributed by atoms with Gasteiger partial charge in [-0.3, -0.25) is 14.5 Å². The molecule has 0 unspecified atom stereocenters. The van der Waals surface area contributed by atoms with Gasteiger partial charge in [0.15, 0.2) is 0 Å². The van der Waals surface area contributed by atoms with E-state index in [1.165, 1.54) is 12.3 Å². The number of para-hydroxylation sites is 2. The van der Waals surface area contributed by atoms with Gasteiger partial charge >= 0.3 is 0 Å². The summed E-state index contributed by atoms with van der Waals surface area (Å²) in [5.74, 6) is 1.34. The summed E-state index contributed by atoms with van der Waals surface area (Å²) in [6.45, 7) is 8.67. The molecular formula is C31H38N6O5. The molecule has 4 N–H and O–H groups in total. The molecule has 1 aliphatic heterocycles. The number of nitrogens with one attached hydrogen (secondary N) is 2. The van der Waals surface area contributed by atoms with E-state index in [4.69, 9.17) is 19.9 Å². The fourth-order valence-corrected chi connectivity index (χ4v) is 4.59. The number of methoxy groups -OCH3 is 1. The van der Waals surface area contributed by atoms with E-state index in [0.29, 0.717) is 30.2 Å². The van der Waals surface area contributed by atoms with Crippen LogP contribution in [0.5, 0.6) is 11.5 Å². The van der Waals surface area contributed by atoms with Gasteiger partial charge in [0.2, 0.25) is 5.91 Å².